The van der Waals surface area contributed by atoms with E-state index in [1.165, 1.54) is 0 Å². The van der Waals surface area contributed by atoms with Crippen LogP contribution in [0.4, 0.5) is 0 Å². The summed E-state index contributed by atoms with van der Waals surface area (Å²) in [4.78, 5) is 1.82. The van der Waals surface area contributed by atoms with Crippen LogP contribution in [0.5, 0.6) is 0 Å². The number of alkyl halides is 5. The van der Waals surface area contributed by atoms with Crippen molar-refractivity contribution in [3.05, 3.63) is 0 Å². The van der Waals surface area contributed by atoms with Crippen molar-refractivity contribution in [1.29, 1.82) is 0 Å². The average molecular weight is 313 g/mol. The van der Waals surface area contributed by atoms with Gasteiger partial charge in [0.05, 0.1) is 0 Å². The molecule has 1 heterocycles. The van der Waals surface area contributed by atoms with E-state index in [1.807, 2.05) is 18.7 Å². The second-order valence-corrected chi connectivity index (χ2v) is 7.00. The summed E-state index contributed by atoms with van der Waals surface area (Å²) < 4.78 is -3.51. The molecule has 0 atom stereocenters. The van der Waals surface area contributed by atoms with Gasteiger partial charge in [0.1, 0.15) is 6.67 Å². The molecule has 1 N–H and O–H groups in total. The summed E-state index contributed by atoms with van der Waals surface area (Å²) in [5.74, 6) is 0.320. The lowest BCUT2D eigenvalue weighted by Crippen LogP contribution is -2.49. The van der Waals surface area contributed by atoms with Gasteiger partial charge in [0.15, 0.2) is 5.84 Å². The molecule has 0 bridgehead atoms. The Balaban J connectivity index is 2.97. The Labute approximate surface area is 114 Å². The minimum Gasteiger partial charge on any atom is -0.335 e. The summed E-state index contributed by atoms with van der Waals surface area (Å²) in [6.45, 7) is 4.42. The van der Waals surface area contributed by atoms with Gasteiger partial charge < -0.3 is 4.90 Å². The van der Waals surface area contributed by atoms with E-state index in [9.17, 15) is 0 Å². The number of hydrogen-bond acceptors (Lipinski definition) is 3. The molecule has 0 aromatic carbocycles. The van der Waals surface area contributed by atoms with Crippen LogP contribution in [0, 0.1) is 0 Å². The third kappa shape index (κ3) is 2.70. The summed E-state index contributed by atoms with van der Waals surface area (Å²) >= 11 is 29.1. The van der Waals surface area contributed by atoms with Crippen molar-refractivity contribution < 1.29 is 0 Å². The minimum atomic E-state index is -1.84. The Hall–Kier alpha value is 0.720. The molecule has 8 heteroatoms. The summed E-state index contributed by atoms with van der Waals surface area (Å²) in [6.07, 6.45) is 0. The van der Waals surface area contributed by atoms with Crippen LogP contribution in [-0.2, 0) is 0 Å². The van der Waals surface area contributed by atoms with Gasteiger partial charge in [0.25, 0.3) is 0 Å². The zero-order valence-corrected chi connectivity index (χ0v) is 11.8. The lowest BCUT2D eigenvalue weighted by atomic mass is 10.3. The molecule has 1 rings (SSSR count). The van der Waals surface area contributed by atoms with Crippen LogP contribution >= 0.6 is 58.0 Å². The Kier molecular flexibility index (Phi) is 4.17. The number of nitrogens with one attached hydrogen (secondary N) is 1. The van der Waals surface area contributed by atoms with Gasteiger partial charge in [-0.1, -0.05) is 58.0 Å². The van der Waals surface area contributed by atoms with Crippen LogP contribution in [0.2, 0.25) is 0 Å². The number of hydrogen-bond donors (Lipinski definition) is 1. The normalized spacial score (nSPS) is 18.1. The van der Waals surface area contributed by atoms with Crippen molar-refractivity contribution in [2.75, 3.05) is 6.67 Å². The molecule has 1 aliphatic rings. The van der Waals surface area contributed by atoms with Crippen LogP contribution in [0.25, 0.3) is 0 Å². The number of rotatable bonds is 2. The van der Waals surface area contributed by atoms with E-state index in [0.717, 1.165) is 0 Å². The Morgan fingerprint density at radius 2 is 1.80 bits per heavy atom. The summed E-state index contributed by atoms with van der Waals surface area (Å²) in [6, 6.07) is 0.156. The van der Waals surface area contributed by atoms with Crippen molar-refractivity contribution >= 4 is 63.8 Å². The van der Waals surface area contributed by atoms with E-state index in [2.05, 4.69) is 10.5 Å². The molecule has 88 valence electrons. The number of amidine groups is 1. The van der Waals surface area contributed by atoms with Crippen molar-refractivity contribution in [2.24, 2.45) is 5.10 Å². The number of nitrogens with zero attached hydrogens (tertiary/aromatic N) is 2. The van der Waals surface area contributed by atoms with Crippen molar-refractivity contribution in [3.8, 4) is 0 Å². The molecule has 15 heavy (non-hydrogen) atoms. The first kappa shape index (κ1) is 13.8. The summed E-state index contributed by atoms with van der Waals surface area (Å²) in [7, 11) is 0. The maximum atomic E-state index is 6.01. The molecule has 0 amide bonds. The smallest absolute Gasteiger partial charge is 0.230 e. The monoisotopic (exact) mass is 311 g/mol. The highest BCUT2D eigenvalue weighted by molar-refractivity contribution is 6.79. The van der Waals surface area contributed by atoms with E-state index in [0.29, 0.717) is 12.5 Å². The van der Waals surface area contributed by atoms with Gasteiger partial charge in [-0.05, 0) is 13.8 Å². The van der Waals surface area contributed by atoms with Crippen LogP contribution in [0.15, 0.2) is 5.10 Å². The quantitative estimate of drug-likeness (QED) is 0.793. The highest BCUT2D eigenvalue weighted by Crippen LogP contribution is 2.47. The first-order valence-corrected chi connectivity index (χ1v) is 6.09. The van der Waals surface area contributed by atoms with E-state index < -0.39 is 8.13 Å². The minimum absolute atomic E-state index is 0.156. The zero-order valence-electron chi connectivity index (χ0n) is 8.07. The fourth-order valence-corrected chi connectivity index (χ4v) is 1.69. The lowest BCUT2D eigenvalue weighted by molar-refractivity contribution is 0.350. The maximum absolute atomic E-state index is 6.01. The van der Waals surface area contributed by atoms with E-state index in [-0.39, 0.29) is 6.04 Å². The molecule has 3 nitrogen and oxygen atoms in total. The van der Waals surface area contributed by atoms with Crippen LogP contribution in [0.3, 0.4) is 0 Å². The van der Waals surface area contributed by atoms with Gasteiger partial charge in [-0.25, -0.2) is 0 Å². The van der Waals surface area contributed by atoms with Crippen molar-refractivity contribution in [1.82, 2.24) is 10.3 Å². The summed E-state index contributed by atoms with van der Waals surface area (Å²) in [5.41, 5.74) is 2.75. The standard InChI is InChI=1S/C7H10Cl5N3/c1-4(2)15-3-13-14-5(15)6(8,9)7(10,11)12/h4,13H,3H2,1-2H3. The number of hydrazone groups is 1. The van der Waals surface area contributed by atoms with Gasteiger partial charge >= 0.3 is 0 Å². The Morgan fingerprint density at radius 3 is 2.20 bits per heavy atom. The molecule has 0 radical (unpaired) electrons. The average Bonchev–Trinajstić information content (AvgIpc) is 2.48. The third-order valence-corrected chi connectivity index (χ3v) is 4.29. The molecule has 0 spiro atoms. The predicted octanol–water partition coefficient (Wildman–Crippen LogP) is 3.12. The molecule has 0 fully saturated rings. The highest BCUT2D eigenvalue weighted by Gasteiger charge is 2.53. The van der Waals surface area contributed by atoms with Gasteiger partial charge in [0.2, 0.25) is 8.13 Å². The van der Waals surface area contributed by atoms with Gasteiger partial charge in [0, 0.05) is 6.04 Å². The molecule has 1 aliphatic heterocycles. The molecule has 0 saturated heterocycles. The highest BCUT2D eigenvalue weighted by atomic mass is 35.6. The second-order valence-electron chi connectivity index (χ2n) is 3.39. The lowest BCUT2D eigenvalue weighted by Gasteiger charge is -2.33. The first-order chi connectivity index (χ1) is 6.68. The van der Waals surface area contributed by atoms with Gasteiger partial charge in [-0.3, -0.25) is 5.43 Å². The maximum Gasteiger partial charge on any atom is 0.230 e. The van der Waals surface area contributed by atoms with Crippen molar-refractivity contribution in [2.45, 2.75) is 28.0 Å². The van der Waals surface area contributed by atoms with E-state index in [1.54, 1.807) is 0 Å². The largest absolute Gasteiger partial charge is 0.335 e. The van der Waals surface area contributed by atoms with Crippen LogP contribution < -0.4 is 5.43 Å². The molecule has 0 aromatic rings. The van der Waals surface area contributed by atoms with E-state index >= 15 is 0 Å². The fourth-order valence-electron chi connectivity index (χ4n) is 1.13. The molecular weight excluding hydrogens is 303 g/mol. The molecule has 0 unspecified atom stereocenters. The van der Waals surface area contributed by atoms with Gasteiger partial charge in [-0.2, -0.15) is 5.10 Å². The SMILES string of the molecule is CC(C)N1CNN=C1C(Cl)(Cl)C(Cl)(Cl)Cl. The molecule has 0 saturated carbocycles. The molecule has 0 aliphatic carbocycles. The fraction of sp³-hybridized carbons (Fsp3) is 0.857. The predicted molar refractivity (Wildman–Crippen MR) is 67.1 cm³/mol. The van der Waals surface area contributed by atoms with E-state index in [4.69, 9.17) is 58.0 Å². The third-order valence-electron chi connectivity index (χ3n) is 1.96. The molecule has 0 aromatic heterocycles. The summed E-state index contributed by atoms with van der Waals surface area (Å²) in [5, 5.41) is 3.95. The Morgan fingerprint density at radius 1 is 1.27 bits per heavy atom. The number of halogens is 5. The second kappa shape index (κ2) is 4.53. The van der Waals surface area contributed by atoms with Gasteiger partial charge in [-0.15, -0.1) is 0 Å². The van der Waals surface area contributed by atoms with Crippen LogP contribution in [0.1, 0.15) is 13.8 Å². The zero-order chi connectivity index (χ0) is 11.9. The van der Waals surface area contributed by atoms with Crippen LogP contribution in [-0.4, -0.2) is 31.6 Å². The van der Waals surface area contributed by atoms with Crippen molar-refractivity contribution in [3.63, 3.8) is 0 Å². The first-order valence-electron chi connectivity index (χ1n) is 4.20. The molecular formula is C7H10Cl5N3. The topological polar surface area (TPSA) is 27.6 Å². The Bertz CT molecular complexity index is 270.